The lowest BCUT2D eigenvalue weighted by Crippen LogP contribution is -2.26. The van der Waals surface area contributed by atoms with Crippen LogP contribution < -0.4 is 0 Å². The Morgan fingerprint density at radius 3 is 2.84 bits per heavy atom. The van der Waals surface area contributed by atoms with Gasteiger partial charge in [0.05, 0.1) is 11.8 Å². The molecule has 0 saturated carbocycles. The summed E-state index contributed by atoms with van der Waals surface area (Å²) in [6, 6.07) is 6.14. The molecular formula is C19H21FN2O3. The van der Waals surface area contributed by atoms with Gasteiger partial charge < -0.3 is 9.47 Å². The van der Waals surface area contributed by atoms with E-state index in [0.29, 0.717) is 5.69 Å². The lowest BCUT2D eigenvalue weighted by atomic mass is 10.1. The topological polar surface area (TPSA) is 53.4 Å². The van der Waals surface area contributed by atoms with Gasteiger partial charge in [-0.2, -0.15) is 5.10 Å². The fourth-order valence-electron chi connectivity index (χ4n) is 3.57. The molecule has 132 valence electrons. The molecule has 2 aromatic rings. The molecule has 1 aromatic heterocycles. The van der Waals surface area contributed by atoms with Crippen LogP contribution >= 0.6 is 0 Å². The lowest BCUT2D eigenvalue weighted by Gasteiger charge is -2.21. The van der Waals surface area contributed by atoms with E-state index < -0.39 is 5.97 Å². The van der Waals surface area contributed by atoms with E-state index in [-0.39, 0.29) is 18.5 Å². The van der Waals surface area contributed by atoms with Crippen molar-refractivity contribution in [3.63, 3.8) is 0 Å². The van der Waals surface area contributed by atoms with Crippen molar-refractivity contribution in [3.8, 4) is 5.69 Å². The Bertz CT molecular complexity index is 764. The Morgan fingerprint density at radius 1 is 1.24 bits per heavy atom. The Labute approximate surface area is 145 Å². The van der Waals surface area contributed by atoms with Gasteiger partial charge in [-0.15, -0.1) is 0 Å². The minimum Gasteiger partial charge on any atom is -0.458 e. The molecule has 0 spiro atoms. The first kappa shape index (κ1) is 16.3. The molecule has 5 nitrogen and oxygen atoms in total. The average molecular weight is 344 g/mol. The van der Waals surface area contributed by atoms with Crippen molar-refractivity contribution >= 4 is 5.97 Å². The summed E-state index contributed by atoms with van der Waals surface area (Å²) < 4.78 is 26.0. The van der Waals surface area contributed by atoms with E-state index in [9.17, 15) is 9.18 Å². The van der Waals surface area contributed by atoms with Crippen LogP contribution in [-0.2, 0) is 22.3 Å². The van der Waals surface area contributed by atoms with Crippen LogP contribution in [0, 0.1) is 5.82 Å². The van der Waals surface area contributed by atoms with E-state index in [1.165, 1.54) is 12.1 Å². The van der Waals surface area contributed by atoms with Gasteiger partial charge in [0.15, 0.2) is 5.69 Å². The summed E-state index contributed by atoms with van der Waals surface area (Å²) in [5, 5.41) is 4.47. The second-order valence-corrected chi connectivity index (χ2v) is 6.60. The Balaban J connectivity index is 1.54. The smallest absolute Gasteiger partial charge is 0.359 e. The molecular weight excluding hydrogens is 323 g/mol. The predicted octanol–water partition coefficient (Wildman–Crippen LogP) is 3.23. The van der Waals surface area contributed by atoms with Crippen molar-refractivity contribution in [2.75, 3.05) is 13.2 Å². The van der Waals surface area contributed by atoms with Gasteiger partial charge in [0.1, 0.15) is 12.4 Å². The third-order valence-corrected chi connectivity index (χ3v) is 4.87. The van der Waals surface area contributed by atoms with Crippen LogP contribution in [0.3, 0.4) is 0 Å². The van der Waals surface area contributed by atoms with Gasteiger partial charge in [-0.3, -0.25) is 0 Å². The fraction of sp³-hybridized carbons (Fsp3) is 0.474. The van der Waals surface area contributed by atoms with Gasteiger partial charge >= 0.3 is 5.97 Å². The summed E-state index contributed by atoms with van der Waals surface area (Å²) >= 11 is 0. The van der Waals surface area contributed by atoms with Crippen molar-refractivity contribution < 1.29 is 18.7 Å². The highest BCUT2D eigenvalue weighted by Crippen LogP contribution is 2.28. The lowest BCUT2D eigenvalue weighted by molar-refractivity contribution is -0.0303. The standard InChI is InChI=1S/C19H21FN2O3/c20-13-7-9-14(10-8-13)22-17-6-3-5-16(17)18(21-22)19(23)25-12-15-4-1-2-11-24-15/h7-10,15H,1-6,11-12H2. The number of carbonyl (C=O) groups is 1. The summed E-state index contributed by atoms with van der Waals surface area (Å²) in [4.78, 5) is 12.5. The normalized spacial score (nSPS) is 19.6. The highest BCUT2D eigenvalue weighted by atomic mass is 19.1. The summed E-state index contributed by atoms with van der Waals surface area (Å²) in [5.41, 5.74) is 3.12. The minimum atomic E-state index is -0.395. The number of carbonyl (C=O) groups excluding carboxylic acids is 1. The highest BCUT2D eigenvalue weighted by Gasteiger charge is 2.28. The van der Waals surface area contributed by atoms with Crippen LogP contribution in [-0.4, -0.2) is 35.1 Å². The van der Waals surface area contributed by atoms with Gasteiger partial charge in [-0.1, -0.05) is 0 Å². The van der Waals surface area contributed by atoms with Gasteiger partial charge in [0.2, 0.25) is 0 Å². The van der Waals surface area contributed by atoms with Gasteiger partial charge in [-0.25, -0.2) is 13.9 Å². The zero-order valence-electron chi connectivity index (χ0n) is 14.0. The van der Waals surface area contributed by atoms with Crippen molar-refractivity contribution in [1.82, 2.24) is 9.78 Å². The molecule has 0 amide bonds. The number of nitrogens with zero attached hydrogens (tertiary/aromatic N) is 2. The first-order chi connectivity index (χ1) is 12.2. The van der Waals surface area contributed by atoms with E-state index in [1.54, 1.807) is 16.8 Å². The number of aromatic nitrogens is 2. The van der Waals surface area contributed by atoms with Gasteiger partial charge in [-0.05, 0) is 62.8 Å². The molecule has 2 aliphatic rings. The number of ether oxygens (including phenoxy) is 2. The molecule has 0 radical (unpaired) electrons. The monoisotopic (exact) mass is 344 g/mol. The third kappa shape index (κ3) is 3.31. The second kappa shape index (κ2) is 6.96. The van der Waals surface area contributed by atoms with E-state index in [2.05, 4.69) is 5.10 Å². The van der Waals surface area contributed by atoms with Gasteiger partial charge in [0.25, 0.3) is 0 Å². The number of hydrogen-bond acceptors (Lipinski definition) is 4. The number of rotatable bonds is 4. The summed E-state index contributed by atoms with van der Waals surface area (Å²) in [6.07, 6.45) is 5.76. The van der Waals surface area contributed by atoms with E-state index >= 15 is 0 Å². The maximum Gasteiger partial charge on any atom is 0.359 e. The number of halogens is 1. The first-order valence-electron chi connectivity index (χ1n) is 8.88. The maximum absolute atomic E-state index is 13.2. The first-order valence-corrected chi connectivity index (χ1v) is 8.88. The largest absolute Gasteiger partial charge is 0.458 e. The molecule has 1 aliphatic carbocycles. The van der Waals surface area contributed by atoms with E-state index in [4.69, 9.17) is 9.47 Å². The van der Waals surface area contributed by atoms with E-state index in [1.807, 2.05) is 0 Å². The average Bonchev–Trinajstić information content (AvgIpc) is 3.24. The molecule has 1 saturated heterocycles. The zero-order chi connectivity index (χ0) is 17.2. The fourth-order valence-corrected chi connectivity index (χ4v) is 3.57. The number of hydrogen-bond donors (Lipinski definition) is 0. The second-order valence-electron chi connectivity index (χ2n) is 6.60. The molecule has 1 atom stereocenters. The summed E-state index contributed by atoms with van der Waals surface area (Å²) in [5.74, 6) is -0.687. The third-order valence-electron chi connectivity index (χ3n) is 4.87. The van der Waals surface area contributed by atoms with Crippen molar-refractivity contribution in [2.24, 2.45) is 0 Å². The van der Waals surface area contributed by atoms with Crippen LogP contribution in [0.2, 0.25) is 0 Å². The van der Waals surface area contributed by atoms with Crippen LogP contribution in [0.5, 0.6) is 0 Å². The molecule has 25 heavy (non-hydrogen) atoms. The number of benzene rings is 1. The molecule has 6 heteroatoms. The maximum atomic E-state index is 13.2. The van der Waals surface area contributed by atoms with Crippen LogP contribution in [0.15, 0.2) is 24.3 Å². The quantitative estimate of drug-likeness (QED) is 0.799. The molecule has 0 bridgehead atoms. The number of fused-ring (bicyclic) bond motifs is 1. The number of esters is 1. The molecule has 1 fully saturated rings. The molecule has 4 rings (SSSR count). The molecule has 2 heterocycles. The van der Waals surface area contributed by atoms with E-state index in [0.717, 1.165) is 62.1 Å². The Kier molecular flexibility index (Phi) is 4.53. The van der Waals surface area contributed by atoms with Crippen molar-refractivity contribution in [2.45, 2.75) is 44.6 Å². The predicted molar refractivity (Wildman–Crippen MR) is 89.4 cm³/mol. The molecule has 1 unspecified atom stereocenters. The minimum absolute atomic E-state index is 0.00932. The van der Waals surface area contributed by atoms with Crippen LogP contribution in [0.1, 0.15) is 47.4 Å². The van der Waals surface area contributed by atoms with Crippen LogP contribution in [0.25, 0.3) is 5.69 Å². The highest BCUT2D eigenvalue weighted by molar-refractivity contribution is 5.89. The zero-order valence-corrected chi connectivity index (χ0v) is 14.0. The summed E-state index contributed by atoms with van der Waals surface area (Å²) in [6.45, 7) is 1.01. The van der Waals surface area contributed by atoms with Crippen molar-refractivity contribution in [1.29, 1.82) is 0 Å². The summed E-state index contributed by atoms with van der Waals surface area (Å²) in [7, 11) is 0. The van der Waals surface area contributed by atoms with Crippen LogP contribution in [0.4, 0.5) is 4.39 Å². The molecule has 0 N–H and O–H groups in total. The SMILES string of the molecule is O=C(OCC1CCCCO1)c1nn(-c2ccc(F)cc2)c2c1CCC2. The Morgan fingerprint density at radius 2 is 2.08 bits per heavy atom. The molecule has 1 aliphatic heterocycles. The Hall–Kier alpha value is -2.21. The van der Waals surface area contributed by atoms with Gasteiger partial charge in [0, 0.05) is 17.9 Å². The van der Waals surface area contributed by atoms with Crippen molar-refractivity contribution in [3.05, 3.63) is 47.0 Å². The molecule has 1 aromatic carbocycles.